The number of nitrogens with zero attached hydrogens (tertiary/aromatic N) is 1. The van der Waals surface area contributed by atoms with Crippen molar-refractivity contribution in [2.45, 2.75) is 25.8 Å². The van der Waals surface area contributed by atoms with E-state index in [0.29, 0.717) is 6.04 Å². The van der Waals surface area contributed by atoms with Crippen LogP contribution in [0.4, 0.5) is 5.69 Å². The fourth-order valence-electron chi connectivity index (χ4n) is 2.90. The van der Waals surface area contributed by atoms with Crippen LogP contribution in [0.1, 0.15) is 19.8 Å². The first-order valence-corrected chi connectivity index (χ1v) is 6.93. The maximum Gasteiger partial charge on any atom is 0.0624 e. The van der Waals surface area contributed by atoms with Crippen molar-refractivity contribution < 1.29 is 0 Å². The molecule has 1 saturated heterocycles. The van der Waals surface area contributed by atoms with Gasteiger partial charge in [-0.05, 0) is 12.5 Å². The van der Waals surface area contributed by atoms with Gasteiger partial charge in [0.05, 0.1) is 5.69 Å². The van der Waals surface area contributed by atoms with E-state index in [-0.39, 0.29) is 0 Å². The van der Waals surface area contributed by atoms with Crippen molar-refractivity contribution >= 4 is 16.6 Å². The van der Waals surface area contributed by atoms with Crippen LogP contribution in [0, 0.1) is 0 Å². The molecule has 1 aliphatic rings. The highest BCUT2D eigenvalue weighted by Crippen LogP contribution is 2.27. The Morgan fingerprint density at radius 2 is 2.22 bits per heavy atom. The minimum Gasteiger partial charge on any atom is -0.367 e. The van der Waals surface area contributed by atoms with E-state index in [2.05, 4.69) is 52.6 Å². The molecule has 0 bridgehead atoms. The van der Waals surface area contributed by atoms with E-state index in [1.165, 1.54) is 29.4 Å². The smallest absolute Gasteiger partial charge is 0.0624 e. The zero-order chi connectivity index (χ0) is 12.4. The molecule has 0 radical (unpaired) electrons. The molecule has 2 N–H and O–H groups in total. The number of rotatable bonds is 3. The van der Waals surface area contributed by atoms with E-state index in [0.717, 1.165) is 19.6 Å². The molecule has 3 nitrogen and oxygen atoms in total. The average molecular weight is 243 g/mol. The van der Waals surface area contributed by atoms with Gasteiger partial charge in [0.1, 0.15) is 0 Å². The Balaban J connectivity index is 1.85. The zero-order valence-electron chi connectivity index (χ0n) is 10.9. The van der Waals surface area contributed by atoms with Crippen LogP contribution < -0.4 is 10.2 Å². The standard InChI is InChI=1S/C15H21N3/c1-2-5-12-11-18(9-8-16-12)15-10-17-14-7-4-3-6-13(14)15/h3-4,6-7,10,12,16-17H,2,5,8-9,11H2,1H3. The number of nitrogens with one attached hydrogen (secondary N) is 2. The molecule has 3 heteroatoms. The summed E-state index contributed by atoms with van der Waals surface area (Å²) < 4.78 is 0. The number of H-pyrrole nitrogens is 1. The third kappa shape index (κ3) is 2.10. The van der Waals surface area contributed by atoms with Crippen LogP contribution in [0.5, 0.6) is 0 Å². The van der Waals surface area contributed by atoms with E-state index in [9.17, 15) is 0 Å². The Hall–Kier alpha value is -1.48. The molecule has 96 valence electrons. The first kappa shape index (κ1) is 11.6. The molecule has 3 rings (SSSR count). The highest BCUT2D eigenvalue weighted by molar-refractivity contribution is 5.92. The second-order valence-corrected chi connectivity index (χ2v) is 5.11. The number of piperazine rings is 1. The number of fused-ring (bicyclic) bond motifs is 1. The van der Waals surface area contributed by atoms with Gasteiger partial charge in [0, 0.05) is 42.8 Å². The molecule has 2 aromatic rings. The lowest BCUT2D eigenvalue weighted by molar-refractivity contribution is 0.431. The van der Waals surface area contributed by atoms with Crippen molar-refractivity contribution in [3.05, 3.63) is 30.5 Å². The topological polar surface area (TPSA) is 31.1 Å². The lowest BCUT2D eigenvalue weighted by atomic mass is 10.1. The molecule has 1 aliphatic heterocycles. The van der Waals surface area contributed by atoms with Crippen LogP contribution in [0.25, 0.3) is 10.9 Å². The van der Waals surface area contributed by atoms with Gasteiger partial charge in [-0.2, -0.15) is 0 Å². The number of benzene rings is 1. The summed E-state index contributed by atoms with van der Waals surface area (Å²) in [6.07, 6.45) is 4.66. The van der Waals surface area contributed by atoms with Crippen LogP contribution in [-0.4, -0.2) is 30.7 Å². The third-order valence-electron chi connectivity index (χ3n) is 3.80. The first-order chi connectivity index (χ1) is 8.88. The number of hydrogen-bond donors (Lipinski definition) is 2. The number of anilines is 1. The van der Waals surface area contributed by atoms with Gasteiger partial charge >= 0.3 is 0 Å². The van der Waals surface area contributed by atoms with Crippen LogP contribution in [-0.2, 0) is 0 Å². The monoisotopic (exact) mass is 243 g/mol. The first-order valence-electron chi connectivity index (χ1n) is 6.93. The van der Waals surface area contributed by atoms with Gasteiger partial charge in [-0.15, -0.1) is 0 Å². The van der Waals surface area contributed by atoms with Gasteiger partial charge < -0.3 is 15.2 Å². The normalized spacial score (nSPS) is 20.5. The van der Waals surface area contributed by atoms with Crippen molar-refractivity contribution in [2.24, 2.45) is 0 Å². The van der Waals surface area contributed by atoms with Crippen molar-refractivity contribution in [1.29, 1.82) is 0 Å². The highest BCUT2D eigenvalue weighted by Gasteiger charge is 2.20. The van der Waals surface area contributed by atoms with Gasteiger partial charge in [-0.3, -0.25) is 0 Å². The summed E-state index contributed by atoms with van der Waals surface area (Å²) >= 11 is 0. The molecule has 0 amide bonds. The fourth-order valence-corrected chi connectivity index (χ4v) is 2.90. The van der Waals surface area contributed by atoms with E-state index in [4.69, 9.17) is 0 Å². The Morgan fingerprint density at radius 1 is 1.33 bits per heavy atom. The summed E-state index contributed by atoms with van der Waals surface area (Å²) in [7, 11) is 0. The van der Waals surface area contributed by atoms with Crippen LogP contribution >= 0.6 is 0 Å². The molecule has 0 saturated carbocycles. The van der Waals surface area contributed by atoms with Gasteiger partial charge in [0.2, 0.25) is 0 Å². The van der Waals surface area contributed by atoms with Gasteiger partial charge in [0.15, 0.2) is 0 Å². The fraction of sp³-hybridized carbons (Fsp3) is 0.467. The molecule has 0 aliphatic carbocycles. The number of aromatic nitrogens is 1. The van der Waals surface area contributed by atoms with E-state index in [1.54, 1.807) is 0 Å². The Kier molecular flexibility index (Phi) is 3.24. The molecular formula is C15H21N3. The lowest BCUT2D eigenvalue weighted by Gasteiger charge is -2.35. The number of hydrogen-bond acceptors (Lipinski definition) is 2. The largest absolute Gasteiger partial charge is 0.367 e. The van der Waals surface area contributed by atoms with Crippen LogP contribution in [0.15, 0.2) is 30.5 Å². The summed E-state index contributed by atoms with van der Waals surface area (Å²) in [6, 6.07) is 9.19. The average Bonchev–Trinajstić information content (AvgIpc) is 2.83. The SMILES string of the molecule is CCCC1CN(c2c[nH]c3ccccc23)CCN1. The quantitative estimate of drug-likeness (QED) is 0.868. The highest BCUT2D eigenvalue weighted by atomic mass is 15.2. The van der Waals surface area contributed by atoms with Gasteiger partial charge in [0.25, 0.3) is 0 Å². The maximum absolute atomic E-state index is 3.61. The van der Waals surface area contributed by atoms with E-state index >= 15 is 0 Å². The van der Waals surface area contributed by atoms with Crippen molar-refractivity contribution in [1.82, 2.24) is 10.3 Å². The maximum atomic E-state index is 3.61. The minimum atomic E-state index is 0.636. The predicted molar refractivity (Wildman–Crippen MR) is 77.2 cm³/mol. The molecule has 2 heterocycles. The van der Waals surface area contributed by atoms with Crippen LogP contribution in [0.2, 0.25) is 0 Å². The Morgan fingerprint density at radius 3 is 3.11 bits per heavy atom. The molecule has 1 atom stereocenters. The molecule has 18 heavy (non-hydrogen) atoms. The summed E-state index contributed by atoms with van der Waals surface area (Å²) in [5.41, 5.74) is 2.59. The zero-order valence-corrected chi connectivity index (χ0v) is 10.9. The number of para-hydroxylation sites is 1. The molecule has 1 aromatic heterocycles. The molecule has 1 aromatic carbocycles. The van der Waals surface area contributed by atoms with Gasteiger partial charge in [-0.1, -0.05) is 31.5 Å². The Labute approximate surface area is 108 Å². The molecule has 1 unspecified atom stereocenters. The lowest BCUT2D eigenvalue weighted by Crippen LogP contribution is -2.50. The van der Waals surface area contributed by atoms with Crippen molar-refractivity contribution in [3.8, 4) is 0 Å². The predicted octanol–water partition coefficient (Wildman–Crippen LogP) is 2.75. The molecule has 1 fully saturated rings. The van der Waals surface area contributed by atoms with Crippen molar-refractivity contribution in [3.63, 3.8) is 0 Å². The third-order valence-corrected chi connectivity index (χ3v) is 3.80. The second-order valence-electron chi connectivity index (χ2n) is 5.11. The van der Waals surface area contributed by atoms with E-state index in [1.807, 2.05) is 0 Å². The molecular weight excluding hydrogens is 222 g/mol. The Bertz CT molecular complexity index is 515. The number of aromatic amines is 1. The molecule has 0 spiro atoms. The van der Waals surface area contributed by atoms with E-state index < -0.39 is 0 Å². The van der Waals surface area contributed by atoms with Crippen LogP contribution in [0.3, 0.4) is 0 Å². The summed E-state index contributed by atoms with van der Waals surface area (Å²) in [5, 5.41) is 4.95. The minimum absolute atomic E-state index is 0.636. The van der Waals surface area contributed by atoms with Crippen molar-refractivity contribution in [2.75, 3.05) is 24.5 Å². The summed E-state index contributed by atoms with van der Waals surface area (Å²) in [6.45, 7) is 5.56. The summed E-state index contributed by atoms with van der Waals surface area (Å²) in [5.74, 6) is 0. The summed E-state index contributed by atoms with van der Waals surface area (Å²) in [4.78, 5) is 5.88. The van der Waals surface area contributed by atoms with Gasteiger partial charge in [-0.25, -0.2) is 0 Å². The second kappa shape index (κ2) is 5.02.